The summed E-state index contributed by atoms with van der Waals surface area (Å²) in [7, 11) is 0. The lowest BCUT2D eigenvalue weighted by Crippen LogP contribution is -1.98. The van der Waals surface area contributed by atoms with Gasteiger partial charge in [-0.1, -0.05) is 109 Å². The number of hydrogen-bond donors (Lipinski definition) is 0. The smallest absolute Gasteiger partial charge is 0.0804 e. The Balaban J connectivity index is 1.33. The van der Waals surface area contributed by atoms with Gasteiger partial charge in [0.25, 0.3) is 0 Å². The summed E-state index contributed by atoms with van der Waals surface area (Å²) >= 11 is 0. The monoisotopic (exact) mass is 656 g/mol. The van der Waals surface area contributed by atoms with Crippen molar-refractivity contribution in [1.29, 1.82) is 0 Å². The standard InChI is InChI=1S/C48H24N4/c1-5-19-35-25(11-1)27-15-9-17-29-33-23-39-47-41(45(33)51(35)43(27)29)31-13-3-7-21-37(31)49(47)40-24-34-30-18-10-16-28-26-12-2-6-20-36(26)52(44(28)30)46(34)42-32-14-4-8-22-38(32)50(39)48(40)42/h1-24H. The minimum Gasteiger partial charge on any atom is -0.307 e. The highest BCUT2D eigenvalue weighted by molar-refractivity contribution is 6.37. The summed E-state index contributed by atoms with van der Waals surface area (Å²) in [4.78, 5) is 0. The number of rotatable bonds is 0. The molecule has 0 fully saturated rings. The van der Waals surface area contributed by atoms with Crippen molar-refractivity contribution in [3.8, 4) is 0 Å². The number of hydrogen-bond acceptors (Lipinski definition) is 0. The third-order valence-electron chi connectivity index (χ3n) is 12.7. The van der Waals surface area contributed by atoms with Crippen LogP contribution in [0.4, 0.5) is 0 Å². The third-order valence-corrected chi connectivity index (χ3v) is 12.7. The Hall–Kier alpha value is -7.04. The van der Waals surface area contributed by atoms with Gasteiger partial charge in [-0.2, -0.15) is 0 Å². The van der Waals surface area contributed by atoms with Crippen LogP contribution in [0.3, 0.4) is 0 Å². The first-order valence-electron chi connectivity index (χ1n) is 18.1. The fourth-order valence-corrected chi connectivity index (χ4v) is 10.9. The molecular formula is C48H24N4. The highest BCUT2D eigenvalue weighted by Crippen LogP contribution is 2.50. The Labute approximate surface area is 293 Å². The van der Waals surface area contributed by atoms with Gasteiger partial charge in [0.2, 0.25) is 0 Å². The van der Waals surface area contributed by atoms with E-state index in [0.29, 0.717) is 0 Å². The van der Waals surface area contributed by atoms with E-state index in [4.69, 9.17) is 0 Å². The Kier molecular flexibility index (Phi) is 3.83. The number of aromatic nitrogens is 4. The van der Waals surface area contributed by atoms with Gasteiger partial charge in [0.05, 0.1) is 66.2 Å². The molecule has 0 amide bonds. The Morgan fingerprint density at radius 3 is 0.962 bits per heavy atom. The summed E-state index contributed by atoms with van der Waals surface area (Å²) < 4.78 is 10.3. The van der Waals surface area contributed by atoms with Crippen molar-refractivity contribution < 1.29 is 0 Å². The minimum absolute atomic E-state index is 1.24. The summed E-state index contributed by atoms with van der Waals surface area (Å²) in [6.45, 7) is 0. The lowest BCUT2D eigenvalue weighted by molar-refractivity contribution is 1.26. The van der Waals surface area contributed by atoms with Gasteiger partial charge in [-0.05, 0) is 36.4 Å². The summed E-state index contributed by atoms with van der Waals surface area (Å²) in [5.41, 5.74) is 15.3. The van der Waals surface area contributed by atoms with Gasteiger partial charge in [-0.3, -0.25) is 0 Å². The van der Waals surface area contributed by atoms with Crippen LogP contribution in [-0.2, 0) is 0 Å². The van der Waals surface area contributed by atoms with Gasteiger partial charge in [-0.25, -0.2) is 0 Å². The van der Waals surface area contributed by atoms with Crippen LogP contribution < -0.4 is 0 Å². The van der Waals surface area contributed by atoms with Gasteiger partial charge in [0.1, 0.15) is 0 Å². The van der Waals surface area contributed by atoms with Gasteiger partial charge in [0, 0.05) is 64.6 Å². The lowest BCUT2D eigenvalue weighted by Gasteiger charge is -2.13. The molecule has 15 rings (SSSR count). The number of benzene rings is 8. The molecular weight excluding hydrogens is 633 g/mol. The van der Waals surface area contributed by atoms with E-state index in [0.717, 1.165) is 0 Å². The SMILES string of the molecule is c1ccc2c(c1)c1c3c(cc4c5cccc6c7ccccc7n(c65)c41)n1c4ccccc4c4c1c(cc1c5cccc6c7ccccc7n(c65)c14)n23. The van der Waals surface area contributed by atoms with E-state index in [9.17, 15) is 0 Å². The van der Waals surface area contributed by atoms with Gasteiger partial charge in [0.15, 0.2) is 0 Å². The molecule has 4 nitrogen and oxygen atoms in total. The van der Waals surface area contributed by atoms with Crippen LogP contribution in [-0.4, -0.2) is 17.6 Å². The lowest BCUT2D eigenvalue weighted by atomic mass is 10.0. The largest absolute Gasteiger partial charge is 0.307 e. The van der Waals surface area contributed by atoms with Crippen LogP contribution in [0.2, 0.25) is 0 Å². The van der Waals surface area contributed by atoms with E-state index < -0.39 is 0 Å². The molecule has 0 aliphatic rings. The third kappa shape index (κ3) is 2.42. The number of nitrogens with zero attached hydrogens (tertiary/aromatic N) is 4. The predicted octanol–water partition coefficient (Wildman–Crippen LogP) is 12.5. The van der Waals surface area contributed by atoms with Crippen LogP contribution >= 0.6 is 0 Å². The molecule has 8 aromatic carbocycles. The van der Waals surface area contributed by atoms with Crippen LogP contribution in [0.5, 0.6) is 0 Å². The highest BCUT2D eigenvalue weighted by atomic mass is 15.0. The van der Waals surface area contributed by atoms with Crippen LogP contribution in [0.25, 0.3) is 131 Å². The van der Waals surface area contributed by atoms with Crippen molar-refractivity contribution in [3.63, 3.8) is 0 Å². The Morgan fingerprint density at radius 1 is 0.212 bits per heavy atom. The fraction of sp³-hybridized carbons (Fsp3) is 0. The average molecular weight is 657 g/mol. The van der Waals surface area contributed by atoms with Crippen molar-refractivity contribution in [3.05, 3.63) is 146 Å². The maximum Gasteiger partial charge on any atom is 0.0804 e. The van der Waals surface area contributed by atoms with Gasteiger partial charge < -0.3 is 17.6 Å². The molecule has 7 aromatic heterocycles. The molecule has 0 spiro atoms. The Morgan fingerprint density at radius 2 is 0.538 bits per heavy atom. The number of para-hydroxylation sites is 6. The van der Waals surface area contributed by atoms with Gasteiger partial charge in [-0.15, -0.1) is 0 Å². The molecule has 0 N–H and O–H groups in total. The van der Waals surface area contributed by atoms with Crippen molar-refractivity contribution >= 4 is 131 Å². The maximum absolute atomic E-state index is 2.60. The Bertz CT molecular complexity index is 3820. The fourth-order valence-electron chi connectivity index (χ4n) is 10.9. The summed E-state index contributed by atoms with van der Waals surface area (Å²) in [5, 5.41) is 15.7. The van der Waals surface area contributed by atoms with E-state index in [2.05, 4.69) is 163 Å². The molecule has 52 heavy (non-hydrogen) atoms. The zero-order chi connectivity index (χ0) is 33.1. The molecule has 0 saturated carbocycles. The minimum atomic E-state index is 1.24. The molecule has 236 valence electrons. The van der Waals surface area contributed by atoms with E-state index in [1.807, 2.05) is 0 Å². The molecule has 15 aromatic rings. The van der Waals surface area contributed by atoms with Crippen LogP contribution in [0.15, 0.2) is 146 Å². The molecule has 0 bridgehead atoms. The normalized spacial score (nSPS) is 13.4. The summed E-state index contributed by atoms with van der Waals surface area (Å²) in [6.07, 6.45) is 0. The molecule has 0 radical (unpaired) electrons. The van der Waals surface area contributed by atoms with E-state index >= 15 is 0 Å². The van der Waals surface area contributed by atoms with Crippen molar-refractivity contribution in [2.45, 2.75) is 0 Å². The maximum atomic E-state index is 2.60. The van der Waals surface area contributed by atoms with Crippen LogP contribution in [0, 0.1) is 0 Å². The molecule has 7 heterocycles. The second kappa shape index (κ2) is 7.96. The second-order valence-electron chi connectivity index (χ2n) is 14.8. The summed E-state index contributed by atoms with van der Waals surface area (Å²) in [6, 6.07) is 54.7. The van der Waals surface area contributed by atoms with Crippen molar-refractivity contribution in [2.24, 2.45) is 0 Å². The summed E-state index contributed by atoms with van der Waals surface area (Å²) in [5.74, 6) is 0. The molecule has 0 saturated heterocycles. The number of fused-ring (bicyclic) bond motifs is 22. The quantitative estimate of drug-likeness (QED) is 0.145. The molecule has 0 aliphatic heterocycles. The molecule has 0 atom stereocenters. The zero-order valence-corrected chi connectivity index (χ0v) is 27.6. The predicted molar refractivity (Wildman–Crippen MR) is 219 cm³/mol. The molecule has 0 unspecified atom stereocenters. The second-order valence-corrected chi connectivity index (χ2v) is 14.8. The molecule has 4 heteroatoms. The van der Waals surface area contributed by atoms with Gasteiger partial charge >= 0.3 is 0 Å². The highest BCUT2D eigenvalue weighted by Gasteiger charge is 2.29. The van der Waals surface area contributed by atoms with Crippen LogP contribution in [0.1, 0.15) is 0 Å². The van der Waals surface area contributed by atoms with E-state index in [1.54, 1.807) is 0 Å². The van der Waals surface area contributed by atoms with E-state index in [1.165, 1.54) is 131 Å². The average Bonchev–Trinajstić information content (AvgIpc) is 4.03. The zero-order valence-electron chi connectivity index (χ0n) is 27.6. The first-order chi connectivity index (χ1) is 25.9. The van der Waals surface area contributed by atoms with Crippen molar-refractivity contribution in [2.75, 3.05) is 0 Å². The topological polar surface area (TPSA) is 17.6 Å². The first-order valence-corrected chi connectivity index (χ1v) is 18.1. The molecule has 0 aliphatic carbocycles. The van der Waals surface area contributed by atoms with E-state index in [-0.39, 0.29) is 0 Å². The first kappa shape index (κ1) is 25.0. The van der Waals surface area contributed by atoms with Crippen molar-refractivity contribution in [1.82, 2.24) is 17.6 Å².